The van der Waals surface area contributed by atoms with Crippen LogP contribution in [-0.2, 0) is 9.53 Å². The Morgan fingerprint density at radius 3 is 2.69 bits per heavy atom. The van der Waals surface area contributed by atoms with Crippen LogP contribution >= 0.6 is 0 Å². The Morgan fingerprint density at radius 1 is 1.44 bits per heavy atom. The summed E-state index contributed by atoms with van der Waals surface area (Å²) in [5.41, 5.74) is 0. The number of hydrogen-bond acceptors (Lipinski definition) is 3. The molecule has 2 unspecified atom stereocenters. The zero-order chi connectivity index (χ0) is 12.1. The van der Waals surface area contributed by atoms with E-state index < -0.39 is 18.0 Å². The zero-order valence-electron chi connectivity index (χ0n) is 9.53. The molecular formula is C10H18N2O4. The van der Waals surface area contributed by atoms with E-state index >= 15 is 0 Å². The fourth-order valence-corrected chi connectivity index (χ4v) is 1.84. The van der Waals surface area contributed by atoms with Crippen molar-refractivity contribution in [3.05, 3.63) is 0 Å². The van der Waals surface area contributed by atoms with Gasteiger partial charge < -0.3 is 20.5 Å². The van der Waals surface area contributed by atoms with Gasteiger partial charge in [-0.05, 0) is 26.2 Å². The van der Waals surface area contributed by atoms with Crippen LogP contribution in [0.25, 0.3) is 0 Å². The van der Waals surface area contributed by atoms with Crippen molar-refractivity contribution in [3.63, 3.8) is 0 Å². The molecule has 1 fully saturated rings. The molecule has 0 radical (unpaired) electrons. The molecule has 6 nitrogen and oxygen atoms in total. The Kier molecular flexibility index (Phi) is 4.54. The number of methoxy groups -OCH3 is 1. The summed E-state index contributed by atoms with van der Waals surface area (Å²) in [4.78, 5) is 22.0. The van der Waals surface area contributed by atoms with E-state index in [1.54, 1.807) is 7.11 Å². The highest BCUT2D eigenvalue weighted by atomic mass is 16.5. The molecule has 0 spiro atoms. The average Bonchev–Trinajstić information content (AvgIpc) is 2.64. The van der Waals surface area contributed by atoms with Crippen LogP contribution < -0.4 is 10.6 Å². The number of ether oxygens (including phenoxy) is 1. The van der Waals surface area contributed by atoms with Crippen LogP contribution in [0.4, 0.5) is 4.79 Å². The quantitative estimate of drug-likeness (QED) is 0.649. The summed E-state index contributed by atoms with van der Waals surface area (Å²) in [5.74, 6) is -1.05. The van der Waals surface area contributed by atoms with Gasteiger partial charge in [-0.2, -0.15) is 0 Å². The first-order valence-corrected chi connectivity index (χ1v) is 5.37. The summed E-state index contributed by atoms with van der Waals surface area (Å²) in [6.45, 7) is 1.42. The summed E-state index contributed by atoms with van der Waals surface area (Å²) < 4.78 is 5.22. The topological polar surface area (TPSA) is 87.7 Å². The van der Waals surface area contributed by atoms with Crippen molar-refractivity contribution < 1.29 is 19.4 Å². The minimum absolute atomic E-state index is 0.0222. The molecule has 0 bridgehead atoms. The first-order valence-electron chi connectivity index (χ1n) is 5.37. The fraction of sp³-hybridized carbons (Fsp3) is 0.800. The summed E-state index contributed by atoms with van der Waals surface area (Å²) in [6.07, 6.45) is 2.84. The minimum Gasteiger partial charge on any atom is -0.480 e. The number of hydrogen-bond donors (Lipinski definition) is 3. The summed E-state index contributed by atoms with van der Waals surface area (Å²) >= 11 is 0. The number of aliphatic carboxylic acids is 1. The third-order valence-corrected chi connectivity index (χ3v) is 2.79. The Labute approximate surface area is 94.3 Å². The normalized spacial score (nSPS) is 26.1. The molecular weight excluding hydrogens is 212 g/mol. The lowest BCUT2D eigenvalue weighted by Gasteiger charge is -2.20. The molecule has 0 aromatic heterocycles. The molecule has 0 aromatic carbocycles. The van der Waals surface area contributed by atoms with Gasteiger partial charge in [0.1, 0.15) is 6.04 Å². The van der Waals surface area contributed by atoms with Crippen molar-refractivity contribution in [2.75, 3.05) is 7.11 Å². The highest BCUT2D eigenvalue weighted by molar-refractivity contribution is 5.82. The van der Waals surface area contributed by atoms with E-state index in [-0.39, 0.29) is 12.1 Å². The highest BCUT2D eigenvalue weighted by Gasteiger charge is 2.28. The minimum atomic E-state index is -1.05. The number of carbonyl (C=O) groups excluding carboxylic acids is 1. The number of carbonyl (C=O) groups is 2. The first-order chi connectivity index (χ1) is 7.54. The number of nitrogens with one attached hydrogen (secondary N) is 2. The number of carboxylic acid groups (broad SMARTS) is 1. The fourth-order valence-electron chi connectivity index (χ4n) is 1.84. The maximum absolute atomic E-state index is 11.4. The second-order valence-electron chi connectivity index (χ2n) is 3.99. The van der Waals surface area contributed by atoms with E-state index in [0.717, 1.165) is 19.3 Å². The van der Waals surface area contributed by atoms with Gasteiger partial charge in [-0.1, -0.05) is 0 Å². The molecule has 2 amide bonds. The molecule has 0 aliphatic heterocycles. The molecule has 1 aliphatic carbocycles. The predicted molar refractivity (Wildman–Crippen MR) is 57.2 cm³/mol. The van der Waals surface area contributed by atoms with Gasteiger partial charge in [-0.25, -0.2) is 4.79 Å². The van der Waals surface area contributed by atoms with E-state index in [1.807, 2.05) is 0 Å². The first kappa shape index (κ1) is 12.8. The van der Waals surface area contributed by atoms with Gasteiger partial charge in [0, 0.05) is 7.11 Å². The lowest BCUT2D eigenvalue weighted by atomic mass is 10.2. The molecule has 92 valence electrons. The van der Waals surface area contributed by atoms with Gasteiger partial charge in [-0.15, -0.1) is 0 Å². The molecule has 0 heterocycles. The Balaban J connectivity index is 2.36. The third kappa shape index (κ3) is 3.37. The lowest BCUT2D eigenvalue weighted by Crippen LogP contribution is -2.50. The van der Waals surface area contributed by atoms with Crippen molar-refractivity contribution in [1.82, 2.24) is 10.6 Å². The third-order valence-electron chi connectivity index (χ3n) is 2.79. The smallest absolute Gasteiger partial charge is 0.325 e. The van der Waals surface area contributed by atoms with Gasteiger partial charge >= 0.3 is 12.0 Å². The summed E-state index contributed by atoms with van der Waals surface area (Å²) in [5, 5.41) is 13.7. The van der Waals surface area contributed by atoms with E-state index in [4.69, 9.17) is 9.84 Å². The molecule has 1 saturated carbocycles. The maximum Gasteiger partial charge on any atom is 0.325 e. The van der Waals surface area contributed by atoms with E-state index in [1.165, 1.54) is 6.92 Å². The number of carboxylic acids is 1. The van der Waals surface area contributed by atoms with Crippen molar-refractivity contribution in [1.29, 1.82) is 0 Å². The zero-order valence-corrected chi connectivity index (χ0v) is 9.53. The molecule has 3 N–H and O–H groups in total. The largest absolute Gasteiger partial charge is 0.480 e. The molecule has 1 rings (SSSR count). The molecule has 16 heavy (non-hydrogen) atoms. The van der Waals surface area contributed by atoms with Crippen LogP contribution in [-0.4, -0.2) is 42.4 Å². The van der Waals surface area contributed by atoms with Crippen LogP contribution in [0, 0.1) is 0 Å². The number of amides is 2. The van der Waals surface area contributed by atoms with Gasteiger partial charge in [0.2, 0.25) is 0 Å². The highest BCUT2D eigenvalue weighted by Crippen LogP contribution is 2.21. The van der Waals surface area contributed by atoms with Crippen LogP contribution in [0.1, 0.15) is 26.2 Å². The van der Waals surface area contributed by atoms with Gasteiger partial charge in [-0.3, -0.25) is 4.79 Å². The van der Waals surface area contributed by atoms with Crippen molar-refractivity contribution in [2.45, 2.75) is 44.4 Å². The van der Waals surface area contributed by atoms with Crippen molar-refractivity contribution in [2.24, 2.45) is 0 Å². The van der Waals surface area contributed by atoms with Crippen LogP contribution in [0.3, 0.4) is 0 Å². The molecule has 3 atom stereocenters. The Bertz CT molecular complexity index is 270. The van der Waals surface area contributed by atoms with E-state index in [2.05, 4.69) is 10.6 Å². The monoisotopic (exact) mass is 230 g/mol. The van der Waals surface area contributed by atoms with Crippen LogP contribution in [0.5, 0.6) is 0 Å². The van der Waals surface area contributed by atoms with Gasteiger partial charge in [0.15, 0.2) is 0 Å². The summed E-state index contributed by atoms with van der Waals surface area (Å²) in [6, 6.07) is -1.36. The number of rotatable bonds is 4. The average molecular weight is 230 g/mol. The predicted octanol–water partition coefficient (Wildman–Crippen LogP) is 0.326. The molecule has 0 aromatic rings. The molecule has 6 heteroatoms. The second kappa shape index (κ2) is 5.69. The summed E-state index contributed by atoms with van der Waals surface area (Å²) in [7, 11) is 1.61. The second-order valence-corrected chi connectivity index (χ2v) is 3.99. The standard InChI is InChI=1S/C10H18N2O4/c1-6(9(13)14)11-10(15)12-7-4-3-5-8(7)16-2/h6-8H,3-5H2,1-2H3,(H,13,14)(H2,11,12,15)/t6-,7?,8?/m0/s1. The van der Waals surface area contributed by atoms with Crippen LogP contribution in [0.2, 0.25) is 0 Å². The lowest BCUT2D eigenvalue weighted by molar-refractivity contribution is -0.138. The SMILES string of the molecule is COC1CCCC1NC(=O)N[C@@H](C)C(=O)O. The molecule has 1 aliphatic rings. The van der Waals surface area contributed by atoms with Crippen molar-refractivity contribution >= 4 is 12.0 Å². The molecule has 0 saturated heterocycles. The van der Waals surface area contributed by atoms with Crippen molar-refractivity contribution in [3.8, 4) is 0 Å². The van der Waals surface area contributed by atoms with E-state index in [9.17, 15) is 9.59 Å². The van der Waals surface area contributed by atoms with E-state index in [0.29, 0.717) is 0 Å². The Morgan fingerprint density at radius 2 is 2.12 bits per heavy atom. The number of urea groups is 1. The van der Waals surface area contributed by atoms with Gasteiger partial charge in [0.25, 0.3) is 0 Å². The maximum atomic E-state index is 11.4. The van der Waals surface area contributed by atoms with Gasteiger partial charge in [0.05, 0.1) is 12.1 Å². The Hall–Kier alpha value is -1.30. The van der Waals surface area contributed by atoms with Crippen LogP contribution in [0.15, 0.2) is 0 Å².